The van der Waals surface area contributed by atoms with Gasteiger partial charge in [0.1, 0.15) is 5.76 Å². The number of hydrogen-bond donors (Lipinski definition) is 1. The van der Waals surface area contributed by atoms with Crippen molar-refractivity contribution in [3.8, 4) is 0 Å². The summed E-state index contributed by atoms with van der Waals surface area (Å²) in [5.41, 5.74) is 0. The lowest BCUT2D eigenvalue weighted by molar-refractivity contribution is -0.126. The van der Waals surface area contributed by atoms with Gasteiger partial charge in [0, 0.05) is 19.0 Å². The highest BCUT2D eigenvalue weighted by molar-refractivity contribution is 7.88. The van der Waals surface area contributed by atoms with Crippen LogP contribution in [0.25, 0.3) is 0 Å². The van der Waals surface area contributed by atoms with Gasteiger partial charge in [0.2, 0.25) is 15.9 Å². The van der Waals surface area contributed by atoms with E-state index in [9.17, 15) is 13.2 Å². The van der Waals surface area contributed by atoms with Crippen molar-refractivity contribution in [2.75, 3.05) is 19.3 Å². The third-order valence-corrected chi connectivity index (χ3v) is 4.93. The minimum absolute atomic E-state index is 0.0398. The molecular formula is C13H20N2O4S. The highest BCUT2D eigenvalue weighted by Crippen LogP contribution is 2.21. The molecule has 1 aliphatic rings. The van der Waals surface area contributed by atoms with Gasteiger partial charge in [-0.3, -0.25) is 4.79 Å². The molecule has 6 nitrogen and oxygen atoms in total. The van der Waals surface area contributed by atoms with Crippen molar-refractivity contribution in [1.82, 2.24) is 9.62 Å². The third-order valence-electron chi connectivity index (χ3n) is 3.62. The Hall–Kier alpha value is -1.34. The quantitative estimate of drug-likeness (QED) is 0.904. The molecule has 0 bridgehead atoms. The molecule has 112 valence electrons. The number of hydrogen-bond acceptors (Lipinski definition) is 4. The molecule has 0 aliphatic carbocycles. The number of piperidine rings is 1. The van der Waals surface area contributed by atoms with Gasteiger partial charge in [-0.05, 0) is 31.9 Å². The van der Waals surface area contributed by atoms with Crippen molar-refractivity contribution in [3.63, 3.8) is 0 Å². The van der Waals surface area contributed by atoms with Crippen LogP contribution in [0.15, 0.2) is 22.8 Å². The number of sulfonamides is 1. The summed E-state index contributed by atoms with van der Waals surface area (Å²) in [7, 11) is -3.15. The molecule has 1 fully saturated rings. The van der Waals surface area contributed by atoms with E-state index < -0.39 is 10.0 Å². The molecule has 1 amide bonds. The van der Waals surface area contributed by atoms with Crippen molar-refractivity contribution in [3.05, 3.63) is 24.2 Å². The van der Waals surface area contributed by atoms with Crippen molar-refractivity contribution in [2.24, 2.45) is 5.92 Å². The van der Waals surface area contributed by atoms with E-state index in [1.165, 1.54) is 10.6 Å². The zero-order valence-electron chi connectivity index (χ0n) is 11.7. The molecular weight excluding hydrogens is 280 g/mol. The molecule has 1 aromatic heterocycles. The van der Waals surface area contributed by atoms with Crippen LogP contribution in [0.2, 0.25) is 0 Å². The third kappa shape index (κ3) is 3.61. The number of rotatable bonds is 4. The van der Waals surface area contributed by atoms with Crippen molar-refractivity contribution >= 4 is 15.9 Å². The predicted octanol–water partition coefficient (Wildman–Crippen LogP) is 1.13. The topological polar surface area (TPSA) is 79.6 Å². The number of nitrogens with one attached hydrogen (secondary N) is 1. The van der Waals surface area contributed by atoms with E-state index in [-0.39, 0.29) is 17.9 Å². The molecule has 0 saturated carbocycles. The summed E-state index contributed by atoms with van der Waals surface area (Å²) < 4.78 is 29.5. The van der Waals surface area contributed by atoms with Crippen LogP contribution < -0.4 is 5.32 Å². The molecule has 20 heavy (non-hydrogen) atoms. The summed E-state index contributed by atoms with van der Waals surface area (Å²) in [5.74, 6) is 0.541. The Labute approximate surface area is 119 Å². The van der Waals surface area contributed by atoms with Crippen LogP contribution in [0, 0.1) is 5.92 Å². The molecule has 1 atom stereocenters. The summed E-state index contributed by atoms with van der Waals surface area (Å²) >= 11 is 0. The number of nitrogens with zero attached hydrogens (tertiary/aromatic N) is 1. The molecule has 1 saturated heterocycles. The first-order valence-corrected chi connectivity index (χ1v) is 8.51. The van der Waals surface area contributed by atoms with E-state index in [1.54, 1.807) is 12.3 Å². The molecule has 1 aromatic rings. The Kier molecular flexibility index (Phi) is 4.49. The zero-order chi connectivity index (χ0) is 14.8. The van der Waals surface area contributed by atoms with Gasteiger partial charge in [0.05, 0.1) is 18.6 Å². The van der Waals surface area contributed by atoms with Crippen LogP contribution in [-0.4, -0.2) is 38.0 Å². The van der Waals surface area contributed by atoms with Gasteiger partial charge in [-0.15, -0.1) is 0 Å². The lowest BCUT2D eigenvalue weighted by Crippen LogP contribution is -2.43. The fraction of sp³-hybridized carbons (Fsp3) is 0.615. The van der Waals surface area contributed by atoms with Crippen molar-refractivity contribution in [1.29, 1.82) is 0 Å². The second kappa shape index (κ2) is 5.97. The van der Waals surface area contributed by atoms with Gasteiger partial charge in [0.25, 0.3) is 0 Å². The molecule has 1 aliphatic heterocycles. The summed E-state index contributed by atoms with van der Waals surface area (Å²) in [6, 6.07) is 3.42. The molecule has 0 radical (unpaired) electrons. The lowest BCUT2D eigenvalue weighted by atomic mass is 9.97. The van der Waals surface area contributed by atoms with Crippen LogP contribution in [0.1, 0.15) is 31.6 Å². The largest absolute Gasteiger partial charge is 0.467 e. The zero-order valence-corrected chi connectivity index (χ0v) is 12.5. The van der Waals surface area contributed by atoms with Crippen LogP contribution in [0.4, 0.5) is 0 Å². The monoisotopic (exact) mass is 300 g/mol. The second-order valence-corrected chi connectivity index (χ2v) is 7.16. The Morgan fingerprint density at radius 3 is 2.60 bits per heavy atom. The lowest BCUT2D eigenvalue weighted by Gasteiger charge is -2.30. The number of furan rings is 1. The Bertz CT molecular complexity index is 545. The summed E-state index contributed by atoms with van der Waals surface area (Å²) in [5, 5.41) is 2.90. The molecule has 7 heteroatoms. The number of amides is 1. The average Bonchev–Trinajstić information content (AvgIpc) is 2.91. The van der Waals surface area contributed by atoms with E-state index in [4.69, 9.17) is 4.42 Å². The maximum absolute atomic E-state index is 12.1. The van der Waals surface area contributed by atoms with Crippen LogP contribution in [0.3, 0.4) is 0 Å². The minimum Gasteiger partial charge on any atom is -0.467 e. The smallest absolute Gasteiger partial charge is 0.223 e. The van der Waals surface area contributed by atoms with Crippen LogP contribution in [-0.2, 0) is 14.8 Å². The predicted molar refractivity (Wildman–Crippen MR) is 74.4 cm³/mol. The highest BCUT2D eigenvalue weighted by Gasteiger charge is 2.29. The molecule has 1 N–H and O–H groups in total. The summed E-state index contributed by atoms with van der Waals surface area (Å²) in [6.45, 7) is 2.68. The summed E-state index contributed by atoms with van der Waals surface area (Å²) in [6.07, 6.45) is 3.89. The van der Waals surface area contributed by atoms with Crippen molar-refractivity contribution < 1.29 is 17.6 Å². The maximum atomic E-state index is 12.1. The van der Waals surface area contributed by atoms with Gasteiger partial charge in [-0.25, -0.2) is 12.7 Å². The SMILES string of the molecule is CC(NC(=O)C1CCN(S(C)(=O)=O)CC1)c1ccco1. The fourth-order valence-electron chi connectivity index (χ4n) is 2.39. The molecule has 0 spiro atoms. The van der Waals surface area contributed by atoms with Gasteiger partial charge < -0.3 is 9.73 Å². The maximum Gasteiger partial charge on any atom is 0.223 e. The van der Waals surface area contributed by atoms with E-state index in [0.29, 0.717) is 31.7 Å². The van der Waals surface area contributed by atoms with Crippen molar-refractivity contribution in [2.45, 2.75) is 25.8 Å². The Morgan fingerprint density at radius 2 is 2.10 bits per heavy atom. The number of carbonyl (C=O) groups is 1. The molecule has 0 aromatic carbocycles. The minimum atomic E-state index is -3.15. The van der Waals surface area contributed by atoms with Crippen LogP contribution >= 0.6 is 0 Å². The highest BCUT2D eigenvalue weighted by atomic mass is 32.2. The van der Waals surface area contributed by atoms with E-state index in [1.807, 2.05) is 13.0 Å². The van der Waals surface area contributed by atoms with E-state index in [2.05, 4.69) is 5.32 Å². The molecule has 1 unspecified atom stereocenters. The first kappa shape index (κ1) is 15.1. The molecule has 2 heterocycles. The van der Waals surface area contributed by atoms with E-state index >= 15 is 0 Å². The average molecular weight is 300 g/mol. The van der Waals surface area contributed by atoms with Gasteiger partial charge >= 0.3 is 0 Å². The van der Waals surface area contributed by atoms with Gasteiger partial charge in [-0.2, -0.15) is 0 Å². The first-order chi connectivity index (χ1) is 9.38. The second-order valence-electron chi connectivity index (χ2n) is 5.18. The van der Waals surface area contributed by atoms with Gasteiger partial charge in [-0.1, -0.05) is 0 Å². The standard InChI is InChI=1S/C13H20N2O4S/c1-10(12-4-3-9-19-12)14-13(16)11-5-7-15(8-6-11)20(2,17)18/h3-4,9-11H,5-8H2,1-2H3,(H,14,16). The summed E-state index contributed by atoms with van der Waals surface area (Å²) in [4.78, 5) is 12.1. The first-order valence-electron chi connectivity index (χ1n) is 6.67. The Morgan fingerprint density at radius 1 is 1.45 bits per heavy atom. The van der Waals surface area contributed by atoms with Crippen LogP contribution in [0.5, 0.6) is 0 Å². The molecule has 2 rings (SSSR count). The Balaban J connectivity index is 1.86. The normalized spacial score (nSPS) is 19.7. The van der Waals surface area contributed by atoms with E-state index in [0.717, 1.165) is 0 Å². The number of carbonyl (C=O) groups excluding carboxylic acids is 1. The van der Waals surface area contributed by atoms with Gasteiger partial charge in [0.15, 0.2) is 0 Å². The fourth-order valence-corrected chi connectivity index (χ4v) is 3.26.